The van der Waals surface area contributed by atoms with Crippen LogP contribution in [0, 0.1) is 24.0 Å². The first kappa shape index (κ1) is 15.5. The van der Waals surface area contributed by atoms with E-state index in [-0.39, 0.29) is 10.6 Å². The highest BCUT2D eigenvalue weighted by atomic mass is 16.6. The van der Waals surface area contributed by atoms with Crippen LogP contribution < -0.4 is 4.90 Å². The van der Waals surface area contributed by atoms with E-state index in [9.17, 15) is 10.1 Å². The third kappa shape index (κ3) is 3.19. The van der Waals surface area contributed by atoms with E-state index < -0.39 is 0 Å². The van der Waals surface area contributed by atoms with Crippen molar-refractivity contribution in [3.63, 3.8) is 0 Å². The summed E-state index contributed by atoms with van der Waals surface area (Å²) in [7, 11) is 0. The predicted molar refractivity (Wildman–Crippen MR) is 86.6 cm³/mol. The molecule has 2 aromatic rings. The van der Waals surface area contributed by atoms with Crippen molar-refractivity contribution in [2.24, 2.45) is 0 Å². The lowest BCUT2D eigenvalue weighted by Crippen LogP contribution is -2.46. The summed E-state index contributed by atoms with van der Waals surface area (Å²) in [5.74, 6) is 0.864. The Labute approximate surface area is 134 Å². The molecular formula is C16H20N4O3. The van der Waals surface area contributed by atoms with Gasteiger partial charge in [-0.25, -0.2) is 0 Å². The molecular weight excluding hydrogens is 296 g/mol. The van der Waals surface area contributed by atoms with Gasteiger partial charge in [-0.3, -0.25) is 15.0 Å². The number of aryl methyl sites for hydroxylation is 2. The highest BCUT2D eigenvalue weighted by molar-refractivity contribution is 5.63. The summed E-state index contributed by atoms with van der Waals surface area (Å²) < 4.78 is 5.21. The number of nitro groups is 1. The molecule has 0 N–H and O–H groups in total. The van der Waals surface area contributed by atoms with Gasteiger partial charge in [-0.05, 0) is 19.9 Å². The number of hydrogen-bond donors (Lipinski definition) is 0. The second-order valence-electron chi connectivity index (χ2n) is 5.81. The second-order valence-corrected chi connectivity index (χ2v) is 5.81. The van der Waals surface area contributed by atoms with Crippen LogP contribution >= 0.6 is 0 Å². The maximum absolute atomic E-state index is 11.2. The quantitative estimate of drug-likeness (QED) is 0.637. The smallest absolute Gasteiger partial charge is 0.292 e. The standard InChI is InChI=1S/C16H20N4O3/c1-12-14(13(2)23-17-12)11-18-7-9-19(10-8-18)15-5-3-4-6-16(15)20(21)22/h3-6H,7-11H2,1-2H3. The Morgan fingerprint density at radius 3 is 2.52 bits per heavy atom. The maximum atomic E-state index is 11.2. The first-order valence-corrected chi connectivity index (χ1v) is 7.68. The first-order valence-electron chi connectivity index (χ1n) is 7.68. The van der Waals surface area contributed by atoms with Crippen LogP contribution in [0.4, 0.5) is 11.4 Å². The summed E-state index contributed by atoms with van der Waals surface area (Å²) in [5, 5.41) is 15.2. The van der Waals surface area contributed by atoms with Gasteiger partial charge < -0.3 is 9.42 Å². The van der Waals surface area contributed by atoms with Gasteiger partial charge in [-0.1, -0.05) is 17.3 Å². The Balaban J connectivity index is 1.66. The lowest BCUT2D eigenvalue weighted by Gasteiger charge is -2.35. The molecule has 7 nitrogen and oxygen atoms in total. The van der Waals surface area contributed by atoms with Gasteiger partial charge >= 0.3 is 0 Å². The minimum Gasteiger partial charge on any atom is -0.363 e. The van der Waals surface area contributed by atoms with Crippen LogP contribution in [-0.4, -0.2) is 41.2 Å². The molecule has 1 aliphatic rings. The van der Waals surface area contributed by atoms with Crippen molar-refractivity contribution in [1.29, 1.82) is 0 Å². The van der Waals surface area contributed by atoms with Crippen LogP contribution in [0.15, 0.2) is 28.8 Å². The molecule has 0 unspecified atom stereocenters. The van der Waals surface area contributed by atoms with Gasteiger partial charge in [-0.2, -0.15) is 0 Å². The molecule has 0 saturated carbocycles. The molecule has 1 aromatic carbocycles. The number of aromatic nitrogens is 1. The SMILES string of the molecule is Cc1noc(C)c1CN1CCN(c2ccccc2[N+](=O)[O-])CC1. The van der Waals surface area contributed by atoms with E-state index >= 15 is 0 Å². The molecule has 3 rings (SSSR count). The molecule has 2 heterocycles. The van der Waals surface area contributed by atoms with E-state index in [4.69, 9.17) is 4.52 Å². The Morgan fingerprint density at radius 1 is 1.22 bits per heavy atom. The zero-order valence-corrected chi connectivity index (χ0v) is 13.4. The van der Waals surface area contributed by atoms with Gasteiger partial charge in [0, 0.05) is 44.4 Å². The molecule has 0 spiro atoms. The molecule has 122 valence electrons. The minimum atomic E-state index is -0.314. The van der Waals surface area contributed by atoms with Gasteiger partial charge in [0.2, 0.25) is 0 Å². The van der Waals surface area contributed by atoms with E-state index in [2.05, 4.69) is 15.0 Å². The molecule has 0 radical (unpaired) electrons. The molecule has 1 fully saturated rings. The Hall–Kier alpha value is -2.41. The zero-order chi connectivity index (χ0) is 16.4. The molecule has 1 aromatic heterocycles. The van der Waals surface area contributed by atoms with Crippen LogP contribution in [-0.2, 0) is 6.54 Å². The number of benzene rings is 1. The van der Waals surface area contributed by atoms with Gasteiger partial charge in [0.1, 0.15) is 11.4 Å². The lowest BCUT2D eigenvalue weighted by atomic mass is 10.1. The van der Waals surface area contributed by atoms with Gasteiger partial charge in [0.15, 0.2) is 0 Å². The highest BCUT2D eigenvalue weighted by Gasteiger charge is 2.24. The summed E-state index contributed by atoms with van der Waals surface area (Å²) in [6.07, 6.45) is 0. The van der Waals surface area contributed by atoms with E-state index in [1.165, 1.54) is 0 Å². The average Bonchev–Trinajstić information content (AvgIpc) is 2.87. The fourth-order valence-corrected chi connectivity index (χ4v) is 2.98. The zero-order valence-electron chi connectivity index (χ0n) is 13.4. The number of nitro benzene ring substituents is 1. The van der Waals surface area contributed by atoms with Crippen molar-refractivity contribution in [3.8, 4) is 0 Å². The van der Waals surface area contributed by atoms with E-state index in [0.29, 0.717) is 5.69 Å². The first-order chi connectivity index (χ1) is 11.1. The van der Waals surface area contributed by atoms with Crippen LogP contribution in [0.1, 0.15) is 17.0 Å². The monoisotopic (exact) mass is 316 g/mol. The molecule has 1 saturated heterocycles. The molecule has 7 heteroatoms. The molecule has 0 bridgehead atoms. The fraction of sp³-hybridized carbons (Fsp3) is 0.438. The number of piperazine rings is 1. The van der Waals surface area contributed by atoms with Gasteiger partial charge in [0.05, 0.1) is 10.6 Å². The third-order valence-corrected chi connectivity index (χ3v) is 4.35. The molecule has 0 aliphatic carbocycles. The summed E-state index contributed by atoms with van der Waals surface area (Å²) >= 11 is 0. The highest BCUT2D eigenvalue weighted by Crippen LogP contribution is 2.28. The average molecular weight is 316 g/mol. The van der Waals surface area contributed by atoms with E-state index in [1.807, 2.05) is 26.0 Å². The van der Waals surface area contributed by atoms with E-state index in [0.717, 1.165) is 49.7 Å². The Kier molecular flexibility index (Phi) is 4.29. The molecule has 1 aliphatic heterocycles. The summed E-state index contributed by atoms with van der Waals surface area (Å²) in [6, 6.07) is 6.93. The number of anilines is 1. The van der Waals surface area contributed by atoms with Crippen molar-refractivity contribution >= 4 is 11.4 Å². The number of para-hydroxylation sites is 2. The second kappa shape index (κ2) is 6.37. The van der Waals surface area contributed by atoms with Gasteiger partial charge in [0.25, 0.3) is 5.69 Å². The van der Waals surface area contributed by atoms with Crippen molar-refractivity contribution in [2.45, 2.75) is 20.4 Å². The Morgan fingerprint density at radius 2 is 1.91 bits per heavy atom. The van der Waals surface area contributed by atoms with Crippen molar-refractivity contribution in [3.05, 3.63) is 51.4 Å². The van der Waals surface area contributed by atoms with Gasteiger partial charge in [-0.15, -0.1) is 0 Å². The van der Waals surface area contributed by atoms with E-state index in [1.54, 1.807) is 12.1 Å². The summed E-state index contributed by atoms with van der Waals surface area (Å²) in [5.41, 5.74) is 2.95. The van der Waals surface area contributed by atoms with Crippen molar-refractivity contribution in [1.82, 2.24) is 10.1 Å². The lowest BCUT2D eigenvalue weighted by molar-refractivity contribution is -0.384. The number of hydrogen-bond acceptors (Lipinski definition) is 6. The minimum absolute atomic E-state index is 0.173. The topological polar surface area (TPSA) is 75.7 Å². The molecule has 0 atom stereocenters. The Bertz CT molecular complexity index is 686. The number of nitrogens with zero attached hydrogens (tertiary/aromatic N) is 4. The van der Waals surface area contributed by atoms with Crippen LogP contribution in [0.2, 0.25) is 0 Å². The largest absolute Gasteiger partial charge is 0.363 e. The van der Waals surface area contributed by atoms with Crippen LogP contribution in [0.3, 0.4) is 0 Å². The molecule has 0 amide bonds. The van der Waals surface area contributed by atoms with Crippen molar-refractivity contribution < 1.29 is 9.45 Å². The molecule has 23 heavy (non-hydrogen) atoms. The normalized spacial score (nSPS) is 15.8. The predicted octanol–water partition coefficient (Wildman–Crippen LogP) is 2.52. The number of rotatable bonds is 4. The third-order valence-electron chi connectivity index (χ3n) is 4.35. The van der Waals surface area contributed by atoms with Crippen LogP contribution in [0.25, 0.3) is 0 Å². The maximum Gasteiger partial charge on any atom is 0.292 e. The summed E-state index contributed by atoms with van der Waals surface area (Å²) in [4.78, 5) is 15.3. The van der Waals surface area contributed by atoms with Crippen molar-refractivity contribution in [2.75, 3.05) is 31.1 Å². The summed E-state index contributed by atoms with van der Waals surface area (Å²) in [6.45, 7) is 7.95. The fourth-order valence-electron chi connectivity index (χ4n) is 2.98. The van der Waals surface area contributed by atoms with Crippen LogP contribution in [0.5, 0.6) is 0 Å².